The Bertz CT molecular complexity index is 1200. The van der Waals surface area contributed by atoms with Crippen molar-refractivity contribution in [1.82, 2.24) is 0 Å². The van der Waals surface area contributed by atoms with Gasteiger partial charge < -0.3 is 14.8 Å². The van der Waals surface area contributed by atoms with Crippen LogP contribution in [0, 0.1) is 0 Å². The van der Waals surface area contributed by atoms with Crippen LogP contribution in [0.25, 0.3) is 10.8 Å². The lowest BCUT2D eigenvalue weighted by molar-refractivity contribution is -0.146. The van der Waals surface area contributed by atoms with Crippen molar-refractivity contribution < 1.29 is 19.1 Å². The van der Waals surface area contributed by atoms with E-state index in [0.717, 1.165) is 21.9 Å². The van der Waals surface area contributed by atoms with Crippen molar-refractivity contribution in [3.8, 4) is 5.75 Å². The summed E-state index contributed by atoms with van der Waals surface area (Å²) in [6.07, 6.45) is 0.113. The number of carbonyl (C=O) groups is 2. The molecule has 4 aromatic rings. The third-order valence-corrected chi connectivity index (χ3v) is 4.97. The summed E-state index contributed by atoms with van der Waals surface area (Å²) in [5.41, 5.74) is 2.56. The average Bonchev–Trinajstić information content (AvgIpc) is 2.83. The number of esters is 1. The average molecular weight is 425 g/mol. The molecule has 0 fully saturated rings. The van der Waals surface area contributed by atoms with Crippen LogP contribution in [0.1, 0.15) is 11.1 Å². The summed E-state index contributed by atoms with van der Waals surface area (Å²) in [5.74, 6) is -0.135. The van der Waals surface area contributed by atoms with E-state index >= 15 is 0 Å². The summed E-state index contributed by atoms with van der Waals surface area (Å²) < 4.78 is 10.9. The van der Waals surface area contributed by atoms with Gasteiger partial charge >= 0.3 is 5.97 Å². The van der Waals surface area contributed by atoms with E-state index in [1.807, 2.05) is 72.8 Å². The second kappa shape index (κ2) is 10.3. The predicted molar refractivity (Wildman–Crippen MR) is 124 cm³/mol. The number of nitrogens with one attached hydrogen (secondary N) is 1. The summed E-state index contributed by atoms with van der Waals surface area (Å²) in [4.78, 5) is 24.4. The van der Waals surface area contributed by atoms with E-state index in [1.54, 1.807) is 24.3 Å². The van der Waals surface area contributed by atoms with E-state index in [2.05, 4.69) is 5.32 Å². The Morgan fingerprint density at radius 2 is 1.47 bits per heavy atom. The van der Waals surface area contributed by atoms with Gasteiger partial charge in [0.25, 0.3) is 5.91 Å². The zero-order valence-corrected chi connectivity index (χ0v) is 17.5. The van der Waals surface area contributed by atoms with Gasteiger partial charge in [0.15, 0.2) is 6.61 Å². The van der Waals surface area contributed by atoms with Gasteiger partial charge in [-0.05, 0) is 46.2 Å². The molecule has 0 aliphatic carbocycles. The highest BCUT2D eigenvalue weighted by Crippen LogP contribution is 2.19. The van der Waals surface area contributed by atoms with Crippen molar-refractivity contribution in [1.29, 1.82) is 0 Å². The van der Waals surface area contributed by atoms with E-state index in [1.165, 1.54) is 0 Å². The molecule has 160 valence electrons. The molecular formula is C27H23NO4. The number of hydrogen-bond donors (Lipinski definition) is 1. The lowest BCUT2D eigenvalue weighted by atomic mass is 10.0. The molecule has 5 nitrogen and oxygen atoms in total. The van der Waals surface area contributed by atoms with Gasteiger partial charge in [-0.25, -0.2) is 0 Å². The smallest absolute Gasteiger partial charge is 0.310 e. The number of rotatable bonds is 8. The number of hydrogen-bond acceptors (Lipinski definition) is 4. The van der Waals surface area contributed by atoms with E-state index in [4.69, 9.17) is 9.47 Å². The zero-order valence-electron chi connectivity index (χ0n) is 17.5. The second-order valence-corrected chi connectivity index (χ2v) is 7.32. The Morgan fingerprint density at radius 1 is 0.750 bits per heavy atom. The molecule has 0 saturated carbocycles. The van der Waals surface area contributed by atoms with Gasteiger partial charge in [-0.1, -0.05) is 72.8 Å². The molecule has 0 saturated heterocycles. The van der Waals surface area contributed by atoms with Crippen LogP contribution in [0.3, 0.4) is 0 Å². The number of amides is 1. The van der Waals surface area contributed by atoms with Crippen molar-refractivity contribution in [3.05, 3.63) is 108 Å². The molecule has 0 spiro atoms. The van der Waals surface area contributed by atoms with Crippen molar-refractivity contribution in [3.63, 3.8) is 0 Å². The minimum atomic E-state index is -0.443. The number of carbonyl (C=O) groups excluding carboxylic acids is 2. The monoisotopic (exact) mass is 425 g/mol. The molecule has 0 aromatic heterocycles. The van der Waals surface area contributed by atoms with Gasteiger partial charge in [0.1, 0.15) is 12.4 Å². The van der Waals surface area contributed by atoms with Gasteiger partial charge in [0.2, 0.25) is 0 Å². The first kappa shape index (κ1) is 21.1. The Balaban J connectivity index is 1.24. The van der Waals surface area contributed by atoms with Crippen LogP contribution >= 0.6 is 0 Å². The third-order valence-electron chi connectivity index (χ3n) is 4.97. The molecular weight excluding hydrogens is 402 g/mol. The highest BCUT2D eigenvalue weighted by atomic mass is 16.5. The predicted octanol–water partition coefficient (Wildman–Crippen LogP) is 5.14. The maximum Gasteiger partial charge on any atom is 0.310 e. The van der Waals surface area contributed by atoms with Crippen molar-refractivity contribution in [2.24, 2.45) is 0 Å². The molecule has 0 atom stereocenters. The lowest BCUT2D eigenvalue weighted by Crippen LogP contribution is -2.21. The summed E-state index contributed by atoms with van der Waals surface area (Å²) >= 11 is 0. The van der Waals surface area contributed by atoms with E-state index in [9.17, 15) is 9.59 Å². The van der Waals surface area contributed by atoms with Crippen LogP contribution in [0.2, 0.25) is 0 Å². The third kappa shape index (κ3) is 5.73. The van der Waals surface area contributed by atoms with E-state index in [-0.39, 0.29) is 13.0 Å². The quantitative estimate of drug-likeness (QED) is 0.397. The number of anilines is 1. The van der Waals surface area contributed by atoms with E-state index < -0.39 is 11.9 Å². The summed E-state index contributed by atoms with van der Waals surface area (Å²) in [5, 5.41) is 4.79. The highest BCUT2D eigenvalue weighted by Gasteiger charge is 2.11. The first-order valence-electron chi connectivity index (χ1n) is 10.4. The maximum atomic E-state index is 12.2. The summed E-state index contributed by atoms with van der Waals surface area (Å²) in [7, 11) is 0. The van der Waals surface area contributed by atoms with Gasteiger partial charge in [-0.15, -0.1) is 0 Å². The van der Waals surface area contributed by atoms with Crippen molar-refractivity contribution in [2.45, 2.75) is 13.0 Å². The molecule has 4 aromatic carbocycles. The molecule has 1 N–H and O–H groups in total. The van der Waals surface area contributed by atoms with E-state index in [0.29, 0.717) is 18.0 Å². The molecule has 0 aliphatic rings. The normalized spacial score (nSPS) is 10.5. The molecule has 4 rings (SSSR count). The first-order valence-corrected chi connectivity index (χ1v) is 10.4. The number of ether oxygens (including phenoxy) is 2. The molecule has 0 radical (unpaired) electrons. The van der Waals surface area contributed by atoms with Gasteiger partial charge in [0.05, 0.1) is 6.42 Å². The van der Waals surface area contributed by atoms with Crippen LogP contribution in [0.4, 0.5) is 5.69 Å². The minimum Gasteiger partial charge on any atom is -0.489 e. The molecule has 5 heteroatoms. The van der Waals surface area contributed by atoms with Gasteiger partial charge in [-0.2, -0.15) is 0 Å². The first-order chi connectivity index (χ1) is 15.7. The zero-order chi connectivity index (χ0) is 22.2. The molecule has 0 aliphatic heterocycles. The van der Waals surface area contributed by atoms with Crippen LogP contribution < -0.4 is 10.1 Å². The fourth-order valence-electron chi connectivity index (χ4n) is 3.37. The number of benzene rings is 4. The van der Waals surface area contributed by atoms with Crippen LogP contribution in [0.5, 0.6) is 5.75 Å². The van der Waals surface area contributed by atoms with Gasteiger partial charge in [0, 0.05) is 5.69 Å². The Labute approximate surface area is 186 Å². The highest BCUT2D eigenvalue weighted by molar-refractivity contribution is 5.93. The molecule has 1 amide bonds. The van der Waals surface area contributed by atoms with Crippen LogP contribution in [-0.2, 0) is 27.4 Å². The second-order valence-electron chi connectivity index (χ2n) is 7.32. The molecule has 0 unspecified atom stereocenters. The Morgan fingerprint density at radius 3 is 2.28 bits per heavy atom. The fraction of sp³-hybridized carbons (Fsp3) is 0.111. The summed E-state index contributed by atoms with van der Waals surface area (Å²) in [6.45, 7) is 0.134. The summed E-state index contributed by atoms with van der Waals surface area (Å²) in [6, 6.07) is 30.6. The minimum absolute atomic E-state index is 0.113. The van der Waals surface area contributed by atoms with Crippen molar-refractivity contribution >= 4 is 28.3 Å². The maximum absolute atomic E-state index is 12.2. The standard InChI is InChI=1S/C27H23NO4/c29-26(19-32-27(30)17-22-11-6-10-21-9-4-5-12-25(21)22)28-23-13-15-24(16-14-23)31-18-20-7-2-1-3-8-20/h1-16H,17-19H2,(H,28,29). The van der Waals surface area contributed by atoms with Crippen LogP contribution in [0.15, 0.2) is 97.1 Å². The Hall–Kier alpha value is -4.12. The lowest BCUT2D eigenvalue weighted by Gasteiger charge is -2.09. The molecule has 0 bridgehead atoms. The van der Waals surface area contributed by atoms with Crippen LogP contribution in [-0.4, -0.2) is 18.5 Å². The SMILES string of the molecule is O=C(COC(=O)Cc1cccc2ccccc12)Nc1ccc(OCc2ccccc2)cc1. The Kier molecular flexibility index (Phi) is 6.78. The fourth-order valence-corrected chi connectivity index (χ4v) is 3.37. The molecule has 32 heavy (non-hydrogen) atoms. The van der Waals surface area contributed by atoms with Crippen molar-refractivity contribution in [2.75, 3.05) is 11.9 Å². The topological polar surface area (TPSA) is 64.6 Å². The molecule has 0 heterocycles. The number of fused-ring (bicyclic) bond motifs is 1. The largest absolute Gasteiger partial charge is 0.489 e. The van der Waals surface area contributed by atoms with Gasteiger partial charge in [-0.3, -0.25) is 9.59 Å².